The lowest BCUT2D eigenvalue weighted by Gasteiger charge is -2.17. The summed E-state index contributed by atoms with van der Waals surface area (Å²) in [6.45, 7) is 0.0266. The number of hydrogen-bond donors (Lipinski definition) is 4. The summed E-state index contributed by atoms with van der Waals surface area (Å²) in [6, 6.07) is 0. The van der Waals surface area contributed by atoms with Crippen molar-refractivity contribution in [3.05, 3.63) is 0 Å². The highest BCUT2D eigenvalue weighted by Crippen LogP contribution is 2.23. The van der Waals surface area contributed by atoms with Gasteiger partial charge in [0, 0.05) is 0 Å². The minimum atomic E-state index is -1.20. The van der Waals surface area contributed by atoms with Crippen molar-refractivity contribution in [1.82, 2.24) is 0 Å². The van der Waals surface area contributed by atoms with Crippen LogP contribution < -0.4 is 17.7 Å². The van der Waals surface area contributed by atoms with Crippen molar-refractivity contribution in [3.8, 4) is 0 Å². The van der Waals surface area contributed by atoms with Gasteiger partial charge >= 0.3 is 0 Å². The van der Waals surface area contributed by atoms with Crippen LogP contribution in [0.4, 0.5) is 0 Å². The van der Waals surface area contributed by atoms with Crippen molar-refractivity contribution in [2.24, 2.45) is 17.7 Å². The van der Waals surface area contributed by atoms with Gasteiger partial charge in [-0.15, -0.1) is 0 Å². The first-order valence-electron chi connectivity index (χ1n) is 3.61. The fourth-order valence-electron chi connectivity index (χ4n) is 1.25. The van der Waals surface area contributed by atoms with E-state index in [4.69, 9.17) is 22.4 Å². The van der Waals surface area contributed by atoms with Crippen LogP contribution in [0.5, 0.6) is 0 Å². The Morgan fingerprint density at radius 1 is 1.15 bits per heavy atom. The molecular weight excluding hydrogens is 182 g/mol. The van der Waals surface area contributed by atoms with E-state index in [2.05, 4.69) is 14.5 Å². The Labute approximate surface area is 74.3 Å². The molecule has 8 nitrogen and oxygen atoms in total. The number of rotatable bonds is 4. The molecule has 4 atom stereocenters. The van der Waals surface area contributed by atoms with Crippen LogP contribution in [-0.2, 0) is 19.2 Å². The van der Waals surface area contributed by atoms with Crippen LogP contribution >= 0.6 is 0 Å². The second-order valence-corrected chi connectivity index (χ2v) is 2.60. The highest BCUT2D eigenvalue weighted by Gasteiger charge is 2.45. The maximum absolute atomic E-state index is 9.23. The van der Waals surface area contributed by atoms with Gasteiger partial charge in [-0.2, -0.15) is 0 Å². The molecule has 13 heavy (non-hydrogen) atoms. The van der Waals surface area contributed by atoms with Crippen molar-refractivity contribution in [2.75, 3.05) is 6.61 Å². The molecule has 0 aliphatic carbocycles. The molecule has 1 aliphatic rings. The minimum absolute atomic E-state index is 0.0266. The molecule has 0 bridgehead atoms. The summed E-state index contributed by atoms with van der Waals surface area (Å²) >= 11 is 0. The smallest absolute Gasteiger partial charge is 0.186 e. The molecule has 1 rings (SSSR count). The van der Waals surface area contributed by atoms with Gasteiger partial charge in [-0.05, 0) is 0 Å². The Morgan fingerprint density at radius 2 is 1.77 bits per heavy atom. The maximum atomic E-state index is 9.23. The van der Waals surface area contributed by atoms with E-state index in [1.54, 1.807) is 0 Å². The van der Waals surface area contributed by atoms with Gasteiger partial charge in [0.25, 0.3) is 0 Å². The van der Waals surface area contributed by atoms with Crippen molar-refractivity contribution < 1.29 is 24.4 Å². The molecule has 0 aromatic rings. The number of aliphatic hydroxyl groups is 1. The summed E-state index contributed by atoms with van der Waals surface area (Å²) < 4.78 is 4.95. The van der Waals surface area contributed by atoms with Crippen molar-refractivity contribution >= 4 is 0 Å². The molecule has 0 aromatic heterocycles. The monoisotopic (exact) mass is 195 g/mol. The number of nitrogens with two attached hydrogens (primary N) is 3. The number of aliphatic hydroxyl groups excluding tert-OH is 1. The Kier molecular flexibility index (Phi) is 3.96. The Balaban J connectivity index is 2.57. The largest absolute Gasteiger partial charge is 0.366 e. The van der Waals surface area contributed by atoms with E-state index >= 15 is 0 Å². The molecule has 0 spiro atoms. The molecule has 7 N–H and O–H groups in total. The molecule has 78 valence electrons. The van der Waals surface area contributed by atoms with Crippen LogP contribution in [0.3, 0.4) is 0 Å². The normalized spacial score (nSPS) is 39.7. The fraction of sp³-hybridized carbons (Fsp3) is 1.00. The maximum Gasteiger partial charge on any atom is 0.186 e. The standard InChI is InChI=1S/C5H13N3O5/c6-10-1-2-3(12-7)4(13-8)5(9)11-2/h2-5,9H,1,6-8H2. The Morgan fingerprint density at radius 3 is 2.23 bits per heavy atom. The first-order valence-corrected chi connectivity index (χ1v) is 3.61. The molecule has 8 heteroatoms. The summed E-state index contributed by atoms with van der Waals surface area (Å²) in [5.41, 5.74) is 0. The first kappa shape index (κ1) is 10.8. The summed E-state index contributed by atoms with van der Waals surface area (Å²) in [5.74, 6) is 14.7. The molecule has 1 heterocycles. The van der Waals surface area contributed by atoms with Crippen molar-refractivity contribution in [3.63, 3.8) is 0 Å². The van der Waals surface area contributed by atoms with E-state index in [1.165, 1.54) is 0 Å². The second-order valence-electron chi connectivity index (χ2n) is 2.60. The van der Waals surface area contributed by atoms with Crippen molar-refractivity contribution in [2.45, 2.75) is 24.6 Å². The molecule has 1 fully saturated rings. The van der Waals surface area contributed by atoms with Crippen LogP contribution in [0.25, 0.3) is 0 Å². The van der Waals surface area contributed by atoms with Gasteiger partial charge in [-0.1, -0.05) is 0 Å². The van der Waals surface area contributed by atoms with Gasteiger partial charge in [0.15, 0.2) is 12.4 Å². The highest BCUT2D eigenvalue weighted by atomic mass is 16.7. The van der Waals surface area contributed by atoms with E-state index < -0.39 is 24.6 Å². The quantitative estimate of drug-likeness (QED) is 0.351. The van der Waals surface area contributed by atoms with E-state index in [-0.39, 0.29) is 6.61 Å². The summed E-state index contributed by atoms with van der Waals surface area (Å²) in [7, 11) is 0. The predicted molar refractivity (Wildman–Crippen MR) is 39.1 cm³/mol. The van der Waals surface area contributed by atoms with Gasteiger partial charge in [-0.3, -0.25) is 9.68 Å². The zero-order valence-electron chi connectivity index (χ0n) is 6.83. The highest BCUT2D eigenvalue weighted by molar-refractivity contribution is 4.87. The van der Waals surface area contributed by atoms with E-state index in [0.717, 1.165) is 0 Å². The Bertz CT molecular complexity index is 159. The van der Waals surface area contributed by atoms with Crippen molar-refractivity contribution in [1.29, 1.82) is 0 Å². The van der Waals surface area contributed by atoms with Gasteiger partial charge < -0.3 is 14.7 Å². The van der Waals surface area contributed by atoms with Crippen LogP contribution in [0.2, 0.25) is 0 Å². The molecule has 0 amide bonds. The SMILES string of the molecule is NOCC1OC(O)C(ON)C1ON. The second kappa shape index (κ2) is 4.79. The average molecular weight is 195 g/mol. The lowest BCUT2D eigenvalue weighted by Crippen LogP contribution is -2.42. The summed E-state index contributed by atoms with van der Waals surface area (Å²) in [6.07, 6.45) is -3.34. The first-order chi connectivity index (χ1) is 6.24. The molecule has 1 aliphatic heterocycles. The topological polar surface area (TPSA) is 135 Å². The molecule has 0 saturated carbocycles. The van der Waals surface area contributed by atoms with Gasteiger partial charge in [0.1, 0.15) is 12.2 Å². The van der Waals surface area contributed by atoms with Gasteiger partial charge in [-0.25, -0.2) is 17.7 Å². The fourth-order valence-corrected chi connectivity index (χ4v) is 1.25. The van der Waals surface area contributed by atoms with Gasteiger partial charge in [0.05, 0.1) is 6.61 Å². The third-order valence-electron chi connectivity index (χ3n) is 1.86. The van der Waals surface area contributed by atoms with E-state index in [9.17, 15) is 5.11 Å². The third-order valence-corrected chi connectivity index (χ3v) is 1.86. The van der Waals surface area contributed by atoms with Crippen LogP contribution in [0.1, 0.15) is 0 Å². The van der Waals surface area contributed by atoms with Gasteiger partial charge in [0.2, 0.25) is 0 Å². The van der Waals surface area contributed by atoms with E-state index in [0.29, 0.717) is 0 Å². The third kappa shape index (κ3) is 2.13. The zero-order chi connectivity index (χ0) is 9.84. The summed E-state index contributed by atoms with van der Waals surface area (Å²) in [5, 5.41) is 9.23. The zero-order valence-corrected chi connectivity index (χ0v) is 6.83. The summed E-state index contributed by atoms with van der Waals surface area (Å²) in [4.78, 5) is 13.3. The van der Waals surface area contributed by atoms with Crippen LogP contribution in [0, 0.1) is 0 Å². The van der Waals surface area contributed by atoms with Crippen LogP contribution in [-0.4, -0.2) is 36.3 Å². The molecule has 0 radical (unpaired) electrons. The number of hydrogen-bond acceptors (Lipinski definition) is 8. The molecule has 1 saturated heterocycles. The Hall–Kier alpha value is -0.320. The molecule has 4 unspecified atom stereocenters. The van der Waals surface area contributed by atoms with Crippen LogP contribution in [0.15, 0.2) is 0 Å². The lowest BCUT2D eigenvalue weighted by molar-refractivity contribution is -0.151. The van der Waals surface area contributed by atoms with E-state index in [1.807, 2.05) is 0 Å². The lowest BCUT2D eigenvalue weighted by atomic mass is 10.1. The minimum Gasteiger partial charge on any atom is -0.366 e. The predicted octanol–water partition coefficient (Wildman–Crippen LogP) is -2.89. The molecule has 0 aromatic carbocycles. The molecular formula is C5H13N3O5. The number of ether oxygens (including phenoxy) is 1. The average Bonchev–Trinajstić information content (AvgIpc) is 2.41.